The van der Waals surface area contributed by atoms with Crippen LogP contribution >= 0.6 is 11.6 Å². The topological polar surface area (TPSA) is 36.4 Å². The van der Waals surface area contributed by atoms with Crippen molar-refractivity contribution in [1.82, 2.24) is 9.88 Å². The first-order valence-electron chi connectivity index (χ1n) is 11.0. The van der Waals surface area contributed by atoms with Crippen LogP contribution < -0.4 is 0 Å². The molecule has 0 unspecified atom stereocenters. The van der Waals surface area contributed by atoms with Gasteiger partial charge in [-0.1, -0.05) is 53.9 Å². The van der Waals surface area contributed by atoms with Crippen LogP contribution in [0.4, 0.5) is 4.39 Å². The van der Waals surface area contributed by atoms with E-state index in [1.54, 1.807) is 18.3 Å². The number of nitrogens with zero attached hydrogens (tertiary/aromatic N) is 2. The van der Waals surface area contributed by atoms with E-state index in [1.807, 2.05) is 43.3 Å². The molecule has 1 N–H and O–H groups in total. The molecule has 1 aromatic heterocycles. The lowest BCUT2D eigenvalue weighted by Crippen LogP contribution is -2.42. The fourth-order valence-corrected chi connectivity index (χ4v) is 3.82. The standard InChI is InChI=1S/C28H26ClFN2O/c1-28(33)14-17-32(18-15-28)16-2-3-21-4-6-22(7-5-21)8-13-27-26(30)19-24(20-31-27)23-9-11-25(29)12-10-23/h2-7,9-12,19-20,33H,14-18H2,1H3/b3-2+. The Morgan fingerprint density at radius 3 is 2.42 bits per heavy atom. The van der Waals surface area contributed by atoms with Crippen LogP contribution in [-0.4, -0.2) is 40.2 Å². The summed E-state index contributed by atoms with van der Waals surface area (Å²) >= 11 is 5.91. The summed E-state index contributed by atoms with van der Waals surface area (Å²) in [6.07, 6.45) is 7.47. The van der Waals surface area contributed by atoms with Crippen LogP contribution in [0.2, 0.25) is 5.02 Å². The minimum absolute atomic E-state index is 0.122. The summed E-state index contributed by atoms with van der Waals surface area (Å²) in [7, 11) is 0. The normalized spacial score (nSPS) is 15.9. The molecule has 4 rings (SSSR count). The van der Waals surface area contributed by atoms with Gasteiger partial charge in [0.25, 0.3) is 0 Å². The Hall–Kier alpha value is -2.97. The molecule has 3 nitrogen and oxygen atoms in total. The van der Waals surface area contributed by atoms with Crippen LogP contribution in [0.25, 0.3) is 17.2 Å². The molecule has 0 aliphatic carbocycles. The minimum atomic E-state index is -0.520. The molecule has 1 fully saturated rings. The van der Waals surface area contributed by atoms with Crippen molar-refractivity contribution in [1.29, 1.82) is 0 Å². The summed E-state index contributed by atoms with van der Waals surface area (Å²) in [5.74, 6) is 5.36. The number of aliphatic hydroxyl groups is 1. The van der Waals surface area contributed by atoms with E-state index in [4.69, 9.17) is 11.6 Å². The van der Waals surface area contributed by atoms with Crippen LogP contribution in [0.1, 0.15) is 36.6 Å². The van der Waals surface area contributed by atoms with Crippen LogP contribution in [0.5, 0.6) is 0 Å². The highest BCUT2D eigenvalue weighted by Gasteiger charge is 2.26. The molecule has 1 aliphatic heterocycles. The fourth-order valence-electron chi connectivity index (χ4n) is 3.69. The van der Waals surface area contributed by atoms with Crippen molar-refractivity contribution in [2.75, 3.05) is 19.6 Å². The predicted octanol–water partition coefficient (Wildman–Crippen LogP) is 5.80. The second-order valence-electron chi connectivity index (χ2n) is 8.63. The van der Waals surface area contributed by atoms with Gasteiger partial charge < -0.3 is 5.11 Å². The van der Waals surface area contributed by atoms with Gasteiger partial charge in [-0.15, -0.1) is 0 Å². The van der Waals surface area contributed by atoms with Crippen molar-refractivity contribution < 1.29 is 9.50 Å². The molecule has 1 saturated heterocycles. The summed E-state index contributed by atoms with van der Waals surface area (Å²) in [5.41, 5.74) is 3.02. The Labute approximate surface area is 199 Å². The number of piperidine rings is 1. The number of aromatic nitrogens is 1. The zero-order valence-corrected chi connectivity index (χ0v) is 19.3. The predicted molar refractivity (Wildman–Crippen MR) is 132 cm³/mol. The molecule has 0 bridgehead atoms. The molecule has 0 atom stereocenters. The highest BCUT2D eigenvalue weighted by Crippen LogP contribution is 2.23. The lowest BCUT2D eigenvalue weighted by Gasteiger charge is -2.35. The van der Waals surface area contributed by atoms with E-state index >= 15 is 0 Å². The van der Waals surface area contributed by atoms with Crippen LogP contribution in [0, 0.1) is 17.7 Å². The summed E-state index contributed by atoms with van der Waals surface area (Å²) in [4.78, 5) is 6.53. The van der Waals surface area contributed by atoms with Crippen molar-refractivity contribution >= 4 is 17.7 Å². The maximum Gasteiger partial charge on any atom is 0.158 e. The van der Waals surface area contributed by atoms with Crippen LogP contribution in [0.15, 0.2) is 66.9 Å². The number of pyridine rings is 1. The number of likely N-dealkylation sites (tertiary alicyclic amines) is 1. The third-order valence-corrected chi connectivity index (χ3v) is 6.11. The van der Waals surface area contributed by atoms with E-state index in [1.165, 1.54) is 6.07 Å². The molecule has 168 valence electrons. The minimum Gasteiger partial charge on any atom is -0.390 e. The first kappa shape index (κ1) is 23.2. The van der Waals surface area contributed by atoms with Gasteiger partial charge in [-0.05, 0) is 67.1 Å². The average molecular weight is 461 g/mol. The molecule has 0 radical (unpaired) electrons. The summed E-state index contributed by atoms with van der Waals surface area (Å²) in [6.45, 7) is 4.61. The second kappa shape index (κ2) is 10.3. The van der Waals surface area contributed by atoms with Crippen LogP contribution in [0.3, 0.4) is 0 Å². The third-order valence-electron chi connectivity index (χ3n) is 5.86. The van der Waals surface area contributed by atoms with Gasteiger partial charge in [-0.3, -0.25) is 4.90 Å². The first-order valence-corrected chi connectivity index (χ1v) is 11.4. The van der Waals surface area contributed by atoms with Crippen molar-refractivity contribution in [2.45, 2.75) is 25.4 Å². The molecule has 3 aromatic rings. The van der Waals surface area contributed by atoms with E-state index in [0.717, 1.165) is 49.2 Å². The molecule has 0 amide bonds. The van der Waals surface area contributed by atoms with Crippen LogP contribution in [-0.2, 0) is 0 Å². The highest BCUT2D eigenvalue weighted by molar-refractivity contribution is 6.30. The summed E-state index contributed by atoms with van der Waals surface area (Å²) < 4.78 is 14.5. The Kier molecular flexibility index (Phi) is 7.25. The SMILES string of the molecule is CC1(O)CCN(C/C=C/c2ccc(C#Cc3ncc(-c4ccc(Cl)cc4)cc3F)cc2)CC1. The number of benzene rings is 2. The molecule has 33 heavy (non-hydrogen) atoms. The fraction of sp³-hybridized carbons (Fsp3) is 0.250. The maximum atomic E-state index is 14.5. The number of hydrogen-bond donors (Lipinski definition) is 1. The van der Waals surface area contributed by atoms with Crippen molar-refractivity contribution in [3.8, 4) is 23.0 Å². The largest absolute Gasteiger partial charge is 0.390 e. The summed E-state index contributed by atoms with van der Waals surface area (Å²) in [6, 6.07) is 16.5. The summed E-state index contributed by atoms with van der Waals surface area (Å²) in [5, 5.41) is 10.7. The van der Waals surface area contributed by atoms with Gasteiger partial charge in [-0.2, -0.15) is 0 Å². The second-order valence-corrected chi connectivity index (χ2v) is 9.07. The smallest absolute Gasteiger partial charge is 0.158 e. The van der Waals surface area contributed by atoms with Gasteiger partial charge in [0.05, 0.1) is 5.60 Å². The van der Waals surface area contributed by atoms with E-state index in [0.29, 0.717) is 10.6 Å². The van der Waals surface area contributed by atoms with Gasteiger partial charge in [0.2, 0.25) is 0 Å². The molecule has 5 heteroatoms. The lowest BCUT2D eigenvalue weighted by atomic mass is 9.94. The lowest BCUT2D eigenvalue weighted by molar-refractivity contribution is -0.00241. The first-order chi connectivity index (χ1) is 15.9. The molecular weight excluding hydrogens is 435 g/mol. The molecule has 0 spiro atoms. The van der Waals surface area contributed by atoms with Gasteiger partial charge in [-0.25, -0.2) is 9.37 Å². The number of hydrogen-bond acceptors (Lipinski definition) is 3. The monoisotopic (exact) mass is 460 g/mol. The Morgan fingerprint density at radius 1 is 1.06 bits per heavy atom. The molecule has 2 heterocycles. The Morgan fingerprint density at radius 2 is 1.76 bits per heavy atom. The van der Waals surface area contributed by atoms with E-state index in [-0.39, 0.29) is 5.69 Å². The van der Waals surface area contributed by atoms with Crippen molar-refractivity contribution in [2.24, 2.45) is 0 Å². The van der Waals surface area contributed by atoms with E-state index < -0.39 is 11.4 Å². The third kappa shape index (κ3) is 6.52. The Bertz CT molecular complexity index is 1180. The van der Waals surface area contributed by atoms with E-state index in [9.17, 15) is 9.50 Å². The maximum absolute atomic E-state index is 14.5. The molecule has 1 aliphatic rings. The average Bonchev–Trinajstić information content (AvgIpc) is 2.81. The van der Waals surface area contributed by atoms with E-state index in [2.05, 4.69) is 33.9 Å². The zero-order chi connectivity index (χ0) is 23.3. The highest BCUT2D eigenvalue weighted by atomic mass is 35.5. The van der Waals surface area contributed by atoms with Gasteiger partial charge in [0.15, 0.2) is 5.82 Å². The van der Waals surface area contributed by atoms with Crippen molar-refractivity contribution in [3.05, 3.63) is 94.5 Å². The zero-order valence-electron chi connectivity index (χ0n) is 18.6. The Balaban J connectivity index is 1.36. The van der Waals surface area contributed by atoms with Gasteiger partial charge in [0, 0.05) is 42.0 Å². The molecule has 2 aromatic carbocycles. The number of halogens is 2. The quantitative estimate of drug-likeness (QED) is 0.500. The van der Waals surface area contributed by atoms with Gasteiger partial charge >= 0.3 is 0 Å². The van der Waals surface area contributed by atoms with Gasteiger partial charge in [0.1, 0.15) is 5.69 Å². The number of rotatable bonds is 4. The molecule has 0 saturated carbocycles. The molecular formula is C28H26ClFN2O. The van der Waals surface area contributed by atoms with Crippen molar-refractivity contribution in [3.63, 3.8) is 0 Å².